The average molecular weight is 534 g/mol. The van der Waals surface area contributed by atoms with Crippen molar-refractivity contribution in [1.82, 2.24) is 10.2 Å². The first kappa shape index (κ1) is 27.2. The zero-order valence-corrected chi connectivity index (χ0v) is 19.9. The van der Waals surface area contributed by atoms with E-state index in [0.717, 1.165) is 0 Å². The van der Waals surface area contributed by atoms with Gasteiger partial charge in [0, 0.05) is 32.0 Å². The zero-order chi connectivity index (χ0) is 27.1. The normalized spacial score (nSPS) is 25.1. The maximum atomic E-state index is 13.6. The quantitative estimate of drug-likeness (QED) is 0.492. The van der Waals surface area contributed by atoms with Gasteiger partial charge >= 0.3 is 18.4 Å². The number of hydrogen-bond acceptors (Lipinski definition) is 3. The molecular weight excluding hydrogens is 509 g/mol. The van der Waals surface area contributed by atoms with Crippen molar-refractivity contribution in [2.75, 3.05) is 26.7 Å². The predicted molar refractivity (Wildman–Crippen MR) is 118 cm³/mol. The molecule has 0 saturated carbocycles. The van der Waals surface area contributed by atoms with Crippen LogP contribution in [0.25, 0.3) is 0 Å². The minimum Gasteiger partial charge on any atom is -0.352 e. The van der Waals surface area contributed by atoms with E-state index in [1.165, 1.54) is 38.2 Å². The molecule has 0 unspecified atom stereocenters. The number of carbonyl (C=O) groups is 1. The third kappa shape index (κ3) is 5.85. The molecule has 0 aliphatic carbocycles. The number of ether oxygens (including phenoxy) is 2. The van der Waals surface area contributed by atoms with Crippen molar-refractivity contribution in [3.05, 3.63) is 70.5 Å². The monoisotopic (exact) mass is 534 g/mol. The summed E-state index contributed by atoms with van der Waals surface area (Å²) >= 11 is 0. The molecule has 5 nitrogen and oxygen atoms in total. The van der Waals surface area contributed by atoms with Gasteiger partial charge in [0.05, 0.1) is 23.8 Å². The minimum absolute atomic E-state index is 0.0607. The Kier molecular flexibility index (Phi) is 7.44. The maximum absolute atomic E-state index is 13.6. The molecule has 2 saturated heterocycles. The van der Waals surface area contributed by atoms with E-state index >= 15 is 0 Å². The molecule has 1 N–H and O–H groups in total. The van der Waals surface area contributed by atoms with E-state index in [-0.39, 0.29) is 36.1 Å². The lowest BCUT2D eigenvalue weighted by Crippen LogP contribution is -2.42. The number of fused-ring (bicyclic) bond motifs is 1. The highest BCUT2D eigenvalue weighted by Crippen LogP contribution is 2.45. The number of amides is 2. The van der Waals surface area contributed by atoms with E-state index in [1.807, 2.05) is 0 Å². The number of alkyl halides is 6. The van der Waals surface area contributed by atoms with Crippen molar-refractivity contribution in [3.8, 4) is 0 Å². The molecule has 5 atom stereocenters. The molecule has 2 aromatic carbocycles. The van der Waals surface area contributed by atoms with Crippen molar-refractivity contribution in [1.29, 1.82) is 0 Å². The first-order chi connectivity index (χ1) is 17.3. The number of urea groups is 1. The first-order valence-electron chi connectivity index (χ1n) is 11.6. The number of halogens is 7. The number of benzene rings is 2. The van der Waals surface area contributed by atoms with E-state index in [9.17, 15) is 35.5 Å². The van der Waals surface area contributed by atoms with Crippen LogP contribution in [0.4, 0.5) is 35.5 Å². The number of nitrogens with one attached hydrogen (secondary N) is 1. The van der Waals surface area contributed by atoms with Gasteiger partial charge in [0.1, 0.15) is 5.82 Å². The van der Waals surface area contributed by atoms with E-state index in [4.69, 9.17) is 9.47 Å². The Morgan fingerprint density at radius 1 is 1.03 bits per heavy atom. The molecule has 12 heteroatoms. The highest BCUT2D eigenvalue weighted by molar-refractivity contribution is 5.74. The fourth-order valence-electron chi connectivity index (χ4n) is 5.03. The summed E-state index contributed by atoms with van der Waals surface area (Å²) in [4.78, 5) is 13.8. The highest BCUT2D eigenvalue weighted by atomic mass is 19.4. The second-order valence-corrected chi connectivity index (χ2v) is 9.28. The molecule has 37 heavy (non-hydrogen) atoms. The highest BCUT2D eigenvalue weighted by Gasteiger charge is 2.48. The molecule has 0 spiro atoms. The summed E-state index contributed by atoms with van der Waals surface area (Å²) in [5.41, 5.74) is -2.58. The van der Waals surface area contributed by atoms with Crippen LogP contribution in [0.2, 0.25) is 0 Å². The van der Waals surface area contributed by atoms with Gasteiger partial charge in [-0.05, 0) is 54.3 Å². The standard InChI is InChI=1S/C25H25F7N2O3/c1-13(15-7-17(24(27,28)29)9-18(8-15)25(30,31)32)37-22-21(14-3-5-19(26)6-4-14)20-11-34(23(35)33-2)10-16(20)12-36-22/h3-9,13,16,20-22H,10-12H2,1-2H3,(H,33,35)/t13-,16+,20-,21+,22-/m1/s1. The topological polar surface area (TPSA) is 50.8 Å². The molecule has 2 amide bonds. The van der Waals surface area contributed by atoms with E-state index in [2.05, 4.69) is 5.32 Å². The number of hydrogen-bond donors (Lipinski definition) is 1. The SMILES string of the molecule is CNC(=O)N1C[C@H]2CO[C@H](O[C@H](C)c3cc(C(F)(F)F)cc(C(F)(F)F)c3)[C@@H](c3ccc(F)cc3)[C@@H]2C1. The lowest BCUT2D eigenvalue weighted by atomic mass is 9.77. The third-order valence-electron chi connectivity index (χ3n) is 6.89. The van der Waals surface area contributed by atoms with Gasteiger partial charge in [-0.3, -0.25) is 0 Å². The summed E-state index contributed by atoms with van der Waals surface area (Å²) in [6, 6.07) is 6.57. The first-order valence-corrected chi connectivity index (χ1v) is 11.6. The fourth-order valence-corrected chi connectivity index (χ4v) is 5.03. The van der Waals surface area contributed by atoms with Crippen LogP contribution in [0.5, 0.6) is 0 Å². The summed E-state index contributed by atoms with van der Waals surface area (Å²) in [5, 5.41) is 2.56. The van der Waals surface area contributed by atoms with Crippen LogP contribution >= 0.6 is 0 Å². The molecule has 0 bridgehead atoms. The van der Waals surface area contributed by atoms with Gasteiger partial charge in [0.2, 0.25) is 0 Å². The maximum Gasteiger partial charge on any atom is 0.416 e. The smallest absolute Gasteiger partial charge is 0.352 e. The Hall–Kier alpha value is -2.86. The van der Waals surface area contributed by atoms with Crippen LogP contribution in [0.15, 0.2) is 42.5 Å². The minimum atomic E-state index is -4.99. The number of rotatable bonds is 4. The molecule has 2 aliphatic rings. The van der Waals surface area contributed by atoms with E-state index in [0.29, 0.717) is 30.8 Å². The van der Waals surface area contributed by atoms with Crippen molar-refractivity contribution in [3.63, 3.8) is 0 Å². The molecule has 0 aromatic heterocycles. The van der Waals surface area contributed by atoms with Gasteiger partial charge < -0.3 is 19.7 Å². The molecule has 2 fully saturated rings. The molecular formula is C25H25F7N2O3. The molecule has 2 heterocycles. The van der Waals surface area contributed by atoms with Crippen LogP contribution in [0, 0.1) is 17.7 Å². The second kappa shape index (κ2) is 10.1. The Labute approximate surface area is 208 Å². The fraction of sp³-hybridized carbons (Fsp3) is 0.480. The second-order valence-electron chi connectivity index (χ2n) is 9.28. The summed E-state index contributed by atoms with van der Waals surface area (Å²) < 4.78 is 106. The summed E-state index contributed by atoms with van der Waals surface area (Å²) in [5.74, 6) is -1.32. The van der Waals surface area contributed by atoms with Crippen LogP contribution < -0.4 is 5.32 Å². The van der Waals surface area contributed by atoms with Crippen LogP contribution in [-0.2, 0) is 21.8 Å². The van der Waals surface area contributed by atoms with Crippen LogP contribution in [0.3, 0.4) is 0 Å². The lowest BCUT2D eigenvalue weighted by molar-refractivity contribution is -0.217. The van der Waals surface area contributed by atoms with Gasteiger partial charge in [-0.1, -0.05) is 12.1 Å². The van der Waals surface area contributed by atoms with Gasteiger partial charge in [0.15, 0.2) is 6.29 Å². The van der Waals surface area contributed by atoms with Gasteiger partial charge in [0.25, 0.3) is 0 Å². The molecule has 2 aromatic rings. The van der Waals surface area contributed by atoms with E-state index < -0.39 is 47.6 Å². The van der Waals surface area contributed by atoms with Gasteiger partial charge in [-0.15, -0.1) is 0 Å². The third-order valence-corrected chi connectivity index (χ3v) is 6.89. The molecule has 2 aliphatic heterocycles. The Balaban J connectivity index is 1.66. The number of nitrogens with zero attached hydrogens (tertiary/aromatic N) is 1. The summed E-state index contributed by atoms with van der Waals surface area (Å²) in [6.45, 7) is 2.24. The number of carbonyl (C=O) groups excluding carboxylic acids is 1. The molecule has 0 radical (unpaired) electrons. The Morgan fingerprint density at radius 2 is 1.62 bits per heavy atom. The summed E-state index contributed by atoms with van der Waals surface area (Å²) in [7, 11) is 1.50. The number of likely N-dealkylation sites (tertiary alicyclic amines) is 1. The van der Waals surface area contributed by atoms with Crippen molar-refractivity contribution < 1.29 is 45.0 Å². The molecule has 4 rings (SSSR count). The lowest BCUT2D eigenvalue weighted by Gasteiger charge is -2.40. The van der Waals surface area contributed by atoms with Gasteiger partial charge in [-0.2, -0.15) is 26.3 Å². The van der Waals surface area contributed by atoms with Crippen molar-refractivity contribution in [2.45, 2.75) is 37.6 Å². The van der Waals surface area contributed by atoms with Crippen molar-refractivity contribution in [2.24, 2.45) is 11.8 Å². The Bertz CT molecular complexity index is 1090. The molecule has 202 valence electrons. The van der Waals surface area contributed by atoms with E-state index in [1.54, 1.807) is 4.90 Å². The summed E-state index contributed by atoms with van der Waals surface area (Å²) in [6.07, 6.45) is -12.2. The van der Waals surface area contributed by atoms with Crippen molar-refractivity contribution >= 4 is 6.03 Å². The largest absolute Gasteiger partial charge is 0.416 e. The average Bonchev–Trinajstić information content (AvgIpc) is 3.27. The van der Waals surface area contributed by atoms with Crippen LogP contribution in [-0.4, -0.2) is 44.0 Å². The zero-order valence-electron chi connectivity index (χ0n) is 19.9. The van der Waals surface area contributed by atoms with Crippen LogP contribution in [0.1, 0.15) is 41.2 Å². The van der Waals surface area contributed by atoms with Gasteiger partial charge in [-0.25, -0.2) is 9.18 Å². The predicted octanol–water partition coefficient (Wildman–Crippen LogP) is 5.97. The Morgan fingerprint density at radius 3 is 2.16 bits per heavy atom.